The molecule has 0 atom stereocenters. The summed E-state index contributed by atoms with van der Waals surface area (Å²) in [5, 5.41) is 0. The Hall–Kier alpha value is -1.22. The van der Waals surface area contributed by atoms with Gasteiger partial charge in [0.15, 0.2) is 0 Å². The Morgan fingerprint density at radius 3 is 2.67 bits per heavy atom. The second-order valence-electron chi connectivity index (χ2n) is 4.19. The smallest absolute Gasteiger partial charge is 0.150 e. The number of hydrogen-bond acceptors (Lipinski definition) is 2. The minimum absolute atomic E-state index is 0.154. The maximum Gasteiger partial charge on any atom is 0.150 e. The van der Waals surface area contributed by atoms with E-state index in [0.717, 1.165) is 31.1 Å². The van der Waals surface area contributed by atoms with Crippen LogP contribution in [0.15, 0.2) is 18.2 Å². The third-order valence-corrected chi connectivity index (χ3v) is 3.42. The van der Waals surface area contributed by atoms with E-state index in [4.69, 9.17) is 5.73 Å². The van der Waals surface area contributed by atoms with Gasteiger partial charge in [-0.3, -0.25) is 4.79 Å². The Kier molecular flexibility index (Phi) is 2.57. The summed E-state index contributed by atoms with van der Waals surface area (Å²) in [6.07, 6.45) is 3.79. The average Bonchev–Trinajstić information content (AvgIpc) is 2.17. The van der Waals surface area contributed by atoms with Gasteiger partial charge >= 0.3 is 0 Å². The molecule has 0 unspecified atom stereocenters. The van der Waals surface area contributed by atoms with Crippen LogP contribution in [0.1, 0.15) is 35.2 Å². The molecule has 80 valence electrons. The maximum absolute atomic E-state index is 13.2. The highest BCUT2D eigenvalue weighted by Gasteiger charge is 2.38. The molecule has 0 saturated heterocycles. The lowest BCUT2D eigenvalue weighted by molar-refractivity contribution is 0.111. The molecule has 15 heavy (non-hydrogen) atoms. The molecule has 1 aromatic rings. The molecule has 0 heterocycles. The van der Waals surface area contributed by atoms with Crippen LogP contribution in [0, 0.1) is 5.82 Å². The summed E-state index contributed by atoms with van der Waals surface area (Å²) < 4.78 is 13.2. The summed E-state index contributed by atoms with van der Waals surface area (Å²) in [4.78, 5) is 10.9. The zero-order valence-corrected chi connectivity index (χ0v) is 8.50. The van der Waals surface area contributed by atoms with Gasteiger partial charge in [-0.2, -0.15) is 0 Å². The van der Waals surface area contributed by atoms with Gasteiger partial charge in [-0.25, -0.2) is 4.39 Å². The van der Waals surface area contributed by atoms with Crippen molar-refractivity contribution in [3.63, 3.8) is 0 Å². The molecule has 1 fully saturated rings. The number of carbonyl (C=O) groups excluding carboxylic acids is 1. The van der Waals surface area contributed by atoms with Crippen LogP contribution in [0.4, 0.5) is 4.39 Å². The predicted molar refractivity (Wildman–Crippen MR) is 56.4 cm³/mol. The molecule has 0 spiro atoms. The van der Waals surface area contributed by atoms with Crippen LogP contribution in [0.5, 0.6) is 0 Å². The lowest BCUT2D eigenvalue weighted by Crippen LogP contribution is -2.42. The summed E-state index contributed by atoms with van der Waals surface area (Å²) in [6.45, 7) is 0.483. The molecule has 2 rings (SSSR count). The zero-order valence-electron chi connectivity index (χ0n) is 8.50. The highest BCUT2D eigenvalue weighted by molar-refractivity contribution is 5.78. The van der Waals surface area contributed by atoms with Crippen molar-refractivity contribution in [1.29, 1.82) is 0 Å². The quantitative estimate of drug-likeness (QED) is 0.770. The largest absolute Gasteiger partial charge is 0.330 e. The van der Waals surface area contributed by atoms with Crippen molar-refractivity contribution in [2.24, 2.45) is 5.73 Å². The maximum atomic E-state index is 13.2. The van der Waals surface area contributed by atoms with Crippen LogP contribution in [0.25, 0.3) is 0 Å². The monoisotopic (exact) mass is 207 g/mol. The molecule has 1 saturated carbocycles. The van der Waals surface area contributed by atoms with Gasteiger partial charge in [0, 0.05) is 17.5 Å². The molecular formula is C12H14FNO. The second kappa shape index (κ2) is 3.74. The molecule has 0 radical (unpaired) electrons. The Bertz CT molecular complexity index is 380. The molecule has 1 aromatic carbocycles. The predicted octanol–water partition coefficient (Wildman–Crippen LogP) is 2.02. The Morgan fingerprint density at radius 2 is 2.20 bits per heavy atom. The van der Waals surface area contributed by atoms with Crippen molar-refractivity contribution in [1.82, 2.24) is 0 Å². The fraction of sp³-hybridized carbons (Fsp3) is 0.417. The second-order valence-corrected chi connectivity index (χ2v) is 4.19. The lowest BCUT2D eigenvalue weighted by atomic mass is 9.63. The Balaban J connectivity index is 2.49. The highest BCUT2D eigenvalue weighted by atomic mass is 19.1. The van der Waals surface area contributed by atoms with Crippen molar-refractivity contribution in [3.8, 4) is 0 Å². The van der Waals surface area contributed by atoms with E-state index in [1.807, 2.05) is 0 Å². The number of rotatable bonds is 3. The molecule has 2 nitrogen and oxygen atoms in total. The van der Waals surface area contributed by atoms with E-state index in [1.165, 1.54) is 18.2 Å². The molecule has 3 heteroatoms. The van der Waals surface area contributed by atoms with Gasteiger partial charge in [0.1, 0.15) is 12.1 Å². The van der Waals surface area contributed by atoms with Crippen molar-refractivity contribution < 1.29 is 9.18 Å². The van der Waals surface area contributed by atoms with E-state index in [0.29, 0.717) is 12.1 Å². The number of carbonyl (C=O) groups is 1. The fourth-order valence-electron chi connectivity index (χ4n) is 2.28. The molecule has 0 bridgehead atoms. The van der Waals surface area contributed by atoms with Crippen LogP contribution in [0.2, 0.25) is 0 Å². The first-order valence-electron chi connectivity index (χ1n) is 5.17. The summed E-state index contributed by atoms with van der Waals surface area (Å²) in [5.41, 5.74) is 6.94. The van der Waals surface area contributed by atoms with Gasteiger partial charge in [0.05, 0.1) is 0 Å². The first-order valence-corrected chi connectivity index (χ1v) is 5.17. The fourth-order valence-corrected chi connectivity index (χ4v) is 2.28. The van der Waals surface area contributed by atoms with E-state index in [9.17, 15) is 9.18 Å². The van der Waals surface area contributed by atoms with Crippen molar-refractivity contribution in [2.75, 3.05) is 6.54 Å². The standard InChI is InChI=1S/C12H14FNO/c13-10-3-2-9(7-15)11(6-10)12(8-14)4-1-5-12/h2-3,6-7H,1,4-5,8,14H2. The average molecular weight is 207 g/mol. The Morgan fingerprint density at radius 1 is 1.47 bits per heavy atom. The van der Waals surface area contributed by atoms with Crippen LogP contribution >= 0.6 is 0 Å². The summed E-state index contributed by atoms with van der Waals surface area (Å²) in [5.74, 6) is -0.296. The summed E-state index contributed by atoms with van der Waals surface area (Å²) in [6, 6.07) is 4.30. The molecule has 2 N–H and O–H groups in total. The van der Waals surface area contributed by atoms with E-state index >= 15 is 0 Å². The normalized spacial score (nSPS) is 18.3. The highest BCUT2D eigenvalue weighted by Crippen LogP contribution is 2.44. The van der Waals surface area contributed by atoms with Gasteiger partial charge in [0.2, 0.25) is 0 Å². The molecule has 1 aliphatic rings. The lowest BCUT2D eigenvalue weighted by Gasteiger charge is -2.42. The first kappa shape index (κ1) is 10.3. The van der Waals surface area contributed by atoms with Crippen molar-refractivity contribution >= 4 is 6.29 Å². The minimum Gasteiger partial charge on any atom is -0.330 e. The van der Waals surface area contributed by atoms with Crippen LogP contribution in [-0.4, -0.2) is 12.8 Å². The number of halogens is 1. The molecular weight excluding hydrogens is 193 g/mol. The van der Waals surface area contributed by atoms with E-state index in [1.54, 1.807) is 0 Å². The first-order chi connectivity index (χ1) is 7.22. The van der Waals surface area contributed by atoms with E-state index in [-0.39, 0.29) is 11.2 Å². The number of hydrogen-bond donors (Lipinski definition) is 1. The topological polar surface area (TPSA) is 43.1 Å². The van der Waals surface area contributed by atoms with Gasteiger partial charge in [-0.05, 0) is 36.6 Å². The minimum atomic E-state index is -0.296. The Labute approximate surface area is 88.3 Å². The van der Waals surface area contributed by atoms with Gasteiger partial charge < -0.3 is 5.73 Å². The van der Waals surface area contributed by atoms with E-state index < -0.39 is 0 Å². The number of aldehydes is 1. The van der Waals surface area contributed by atoms with Gasteiger partial charge in [-0.15, -0.1) is 0 Å². The van der Waals surface area contributed by atoms with Crippen LogP contribution < -0.4 is 5.73 Å². The molecule has 0 aliphatic heterocycles. The van der Waals surface area contributed by atoms with Crippen molar-refractivity contribution in [3.05, 3.63) is 35.1 Å². The number of nitrogens with two attached hydrogens (primary N) is 1. The molecule has 0 amide bonds. The summed E-state index contributed by atoms with van der Waals surface area (Å²) >= 11 is 0. The third-order valence-electron chi connectivity index (χ3n) is 3.42. The zero-order chi connectivity index (χ0) is 10.9. The van der Waals surface area contributed by atoms with Gasteiger partial charge in [-0.1, -0.05) is 6.42 Å². The summed E-state index contributed by atoms with van der Waals surface area (Å²) in [7, 11) is 0. The van der Waals surface area contributed by atoms with E-state index in [2.05, 4.69) is 0 Å². The molecule has 1 aliphatic carbocycles. The number of benzene rings is 1. The third kappa shape index (κ3) is 1.57. The van der Waals surface area contributed by atoms with Crippen LogP contribution in [-0.2, 0) is 5.41 Å². The van der Waals surface area contributed by atoms with Crippen molar-refractivity contribution in [2.45, 2.75) is 24.7 Å². The molecule has 0 aromatic heterocycles. The SMILES string of the molecule is NCC1(c2cc(F)ccc2C=O)CCC1. The van der Waals surface area contributed by atoms with Crippen LogP contribution in [0.3, 0.4) is 0 Å². The van der Waals surface area contributed by atoms with Gasteiger partial charge in [0.25, 0.3) is 0 Å².